The molecule has 0 saturated heterocycles. The summed E-state index contributed by atoms with van der Waals surface area (Å²) in [6.45, 7) is 2.31. The third-order valence-electron chi connectivity index (χ3n) is 2.83. The summed E-state index contributed by atoms with van der Waals surface area (Å²) >= 11 is 3.11. The molecule has 0 bridgehead atoms. The number of hydrogen-bond donors (Lipinski definition) is 1. The van der Waals surface area contributed by atoms with Crippen molar-refractivity contribution in [2.75, 3.05) is 12.0 Å². The fourth-order valence-corrected chi connectivity index (χ4v) is 2.38. The Balaban J connectivity index is 2.53. The summed E-state index contributed by atoms with van der Waals surface area (Å²) in [5, 5.41) is -0.0728. The number of aromatic nitrogens is 2. The molecule has 4 nitrogen and oxygen atoms in total. The molecule has 1 aromatic carbocycles. The minimum absolute atomic E-state index is 0.0728. The lowest BCUT2D eigenvalue weighted by Crippen LogP contribution is -2.18. The number of halogens is 2. The number of hydrogen-bond acceptors (Lipinski definition) is 3. The molecular weight excluding hydrogens is 321 g/mol. The predicted octanol–water partition coefficient (Wildman–Crippen LogP) is 2.29. The lowest BCUT2D eigenvalue weighted by molar-refractivity contribution is 0.620. The molecule has 0 aliphatic rings. The van der Waals surface area contributed by atoms with Gasteiger partial charge in [0.15, 0.2) is 0 Å². The molecule has 0 saturated carbocycles. The van der Waals surface area contributed by atoms with Crippen LogP contribution in [-0.2, 0) is 17.3 Å². The first-order valence-electron chi connectivity index (χ1n) is 5.33. The second kappa shape index (κ2) is 4.97. The summed E-state index contributed by atoms with van der Waals surface area (Å²) in [4.78, 5) is 4.17. The minimum atomic E-state index is -0.963. The summed E-state index contributed by atoms with van der Waals surface area (Å²) in [7, 11) is -0.963. The molecule has 1 heterocycles. The Kier molecular flexibility index (Phi) is 3.72. The zero-order valence-electron chi connectivity index (χ0n) is 9.98. The normalized spacial score (nSPS) is 14.9. The average molecular weight is 334 g/mol. The standard InChI is InChI=1S/C11H13BrFN3OS/c1-6(18(2)17)5-16-10-4-8(13)7(12)3-9(10)15-11(16)14/h3-4,6H,5H2,1-2H3,(H2,14,15). The van der Waals surface area contributed by atoms with Gasteiger partial charge in [-0.25, -0.2) is 9.37 Å². The number of nitrogen functional groups attached to an aromatic ring is 1. The van der Waals surface area contributed by atoms with E-state index >= 15 is 0 Å². The highest BCUT2D eigenvalue weighted by atomic mass is 79.9. The molecule has 0 amide bonds. The van der Waals surface area contributed by atoms with Crippen molar-refractivity contribution in [3.63, 3.8) is 0 Å². The fourth-order valence-electron chi connectivity index (χ4n) is 1.69. The van der Waals surface area contributed by atoms with Gasteiger partial charge in [0, 0.05) is 34.9 Å². The van der Waals surface area contributed by atoms with Gasteiger partial charge >= 0.3 is 0 Å². The quantitative estimate of drug-likeness (QED) is 0.937. The second-order valence-electron chi connectivity index (χ2n) is 4.14. The Hall–Kier alpha value is -0.950. The van der Waals surface area contributed by atoms with Gasteiger partial charge in [-0.05, 0) is 28.9 Å². The maximum Gasteiger partial charge on any atom is 0.201 e. The molecule has 0 radical (unpaired) electrons. The zero-order chi connectivity index (χ0) is 13.4. The number of rotatable bonds is 3. The van der Waals surface area contributed by atoms with Gasteiger partial charge in [-0.15, -0.1) is 0 Å². The first kappa shape index (κ1) is 13.5. The van der Waals surface area contributed by atoms with Gasteiger partial charge in [0.05, 0.1) is 15.5 Å². The molecule has 18 heavy (non-hydrogen) atoms. The van der Waals surface area contributed by atoms with E-state index in [-0.39, 0.29) is 11.1 Å². The molecule has 0 aliphatic carbocycles. The molecule has 0 spiro atoms. The number of nitrogens with two attached hydrogens (primary N) is 1. The smallest absolute Gasteiger partial charge is 0.201 e. The van der Waals surface area contributed by atoms with Crippen LogP contribution in [0.4, 0.5) is 10.3 Å². The van der Waals surface area contributed by atoms with Crippen molar-refractivity contribution in [1.29, 1.82) is 0 Å². The Morgan fingerprint density at radius 2 is 2.28 bits per heavy atom. The van der Waals surface area contributed by atoms with Gasteiger partial charge in [-0.2, -0.15) is 0 Å². The summed E-state index contributed by atoms with van der Waals surface area (Å²) < 4.78 is 27.0. The second-order valence-corrected chi connectivity index (χ2v) is 6.80. The van der Waals surface area contributed by atoms with Crippen LogP contribution in [0.25, 0.3) is 11.0 Å². The maximum absolute atomic E-state index is 13.5. The topological polar surface area (TPSA) is 60.9 Å². The monoisotopic (exact) mass is 333 g/mol. The van der Waals surface area contributed by atoms with Gasteiger partial charge in [0.25, 0.3) is 0 Å². The van der Waals surface area contributed by atoms with Gasteiger partial charge < -0.3 is 10.3 Å². The Labute approximate surface area is 115 Å². The lowest BCUT2D eigenvalue weighted by atomic mass is 10.3. The number of imidazole rings is 1. The molecule has 0 fully saturated rings. The molecule has 1 aromatic heterocycles. The SMILES string of the molecule is CC(Cn1c(N)nc2cc(Br)c(F)cc21)S(C)=O. The van der Waals surface area contributed by atoms with Crippen LogP contribution in [0.2, 0.25) is 0 Å². The largest absolute Gasteiger partial charge is 0.369 e. The van der Waals surface area contributed by atoms with Crippen LogP contribution < -0.4 is 5.73 Å². The van der Waals surface area contributed by atoms with E-state index in [0.717, 1.165) is 0 Å². The Bertz CT molecular complexity index is 628. The van der Waals surface area contributed by atoms with Crippen molar-refractivity contribution in [3.8, 4) is 0 Å². The molecule has 2 aromatic rings. The first-order valence-corrected chi connectivity index (χ1v) is 7.74. The van der Waals surface area contributed by atoms with Crippen molar-refractivity contribution < 1.29 is 8.60 Å². The first-order chi connectivity index (χ1) is 8.40. The third-order valence-corrected chi connectivity index (χ3v) is 4.72. The van der Waals surface area contributed by atoms with Crippen LogP contribution in [0.1, 0.15) is 6.92 Å². The van der Waals surface area contributed by atoms with E-state index in [2.05, 4.69) is 20.9 Å². The zero-order valence-corrected chi connectivity index (χ0v) is 12.4. The molecule has 7 heteroatoms. The highest BCUT2D eigenvalue weighted by Crippen LogP contribution is 2.25. The molecule has 0 aliphatic heterocycles. The number of benzene rings is 1. The minimum Gasteiger partial charge on any atom is -0.369 e. The Morgan fingerprint density at radius 1 is 1.61 bits per heavy atom. The molecule has 2 N–H and O–H groups in total. The highest BCUT2D eigenvalue weighted by molar-refractivity contribution is 9.10. The highest BCUT2D eigenvalue weighted by Gasteiger charge is 2.15. The van der Waals surface area contributed by atoms with Crippen molar-refractivity contribution in [1.82, 2.24) is 9.55 Å². The van der Waals surface area contributed by atoms with Crippen LogP contribution in [0.15, 0.2) is 16.6 Å². The van der Waals surface area contributed by atoms with Crippen LogP contribution in [0.5, 0.6) is 0 Å². The van der Waals surface area contributed by atoms with E-state index in [1.165, 1.54) is 6.07 Å². The number of nitrogens with zero attached hydrogens (tertiary/aromatic N) is 2. The van der Waals surface area contributed by atoms with Gasteiger partial charge in [-0.1, -0.05) is 0 Å². The van der Waals surface area contributed by atoms with Crippen LogP contribution in [-0.4, -0.2) is 25.3 Å². The predicted molar refractivity (Wildman–Crippen MR) is 75.3 cm³/mol. The van der Waals surface area contributed by atoms with Crippen LogP contribution in [0, 0.1) is 5.82 Å². The fraction of sp³-hybridized carbons (Fsp3) is 0.364. The van der Waals surface area contributed by atoms with E-state index in [1.807, 2.05) is 6.92 Å². The molecule has 2 rings (SSSR count). The van der Waals surface area contributed by atoms with E-state index in [4.69, 9.17) is 5.73 Å². The Morgan fingerprint density at radius 3 is 2.89 bits per heavy atom. The van der Waals surface area contributed by atoms with Crippen molar-refractivity contribution in [2.24, 2.45) is 0 Å². The van der Waals surface area contributed by atoms with Crippen molar-refractivity contribution in [3.05, 3.63) is 22.4 Å². The molecule has 2 atom stereocenters. The molecule has 2 unspecified atom stereocenters. The van der Waals surface area contributed by atoms with Crippen LogP contribution >= 0.6 is 15.9 Å². The van der Waals surface area contributed by atoms with E-state index in [1.54, 1.807) is 16.9 Å². The molecule has 98 valence electrons. The summed E-state index contributed by atoms with van der Waals surface area (Å²) in [5.41, 5.74) is 7.05. The molecular formula is C11H13BrFN3OS. The number of anilines is 1. The van der Waals surface area contributed by atoms with E-state index in [0.29, 0.717) is 28.0 Å². The summed E-state index contributed by atoms with van der Waals surface area (Å²) in [6.07, 6.45) is 1.64. The summed E-state index contributed by atoms with van der Waals surface area (Å²) in [5.74, 6) is -0.0614. The van der Waals surface area contributed by atoms with Gasteiger partial charge in [0.1, 0.15) is 5.82 Å². The third kappa shape index (κ3) is 2.42. The van der Waals surface area contributed by atoms with Crippen molar-refractivity contribution >= 4 is 43.7 Å². The number of fused-ring (bicyclic) bond motifs is 1. The van der Waals surface area contributed by atoms with Gasteiger partial charge in [0.2, 0.25) is 5.95 Å². The van der Waals surface area contributed by atoms with Crippen molar-refractivity contribution in [2.45, 2.75) is 18.7 Å². The average Bonchev–Trinajstić information content (AvgIpc) is 2.56. The maximum atomic E-state index is 13.5. The van der Waals surface area contributed by atoms with Crippen LogP contribution in [0.3, 0.4) is 0 Å². The van der Waals surface area contributed by atoms with E-state index in [9.17, 15) is 8.60 Å². The van der Waals surface area contributed by atoms with Gasteiger partial charge in [-0.3, -0.25) is 4.21 Å². The lowest BCUT2D eigenvalue weighted by Gasteiger charge is -2.11. The summed E-state index contributed by atoms with van der Waals surface area (Å²) in [6, 6.07) is 2.97. The van der Waals surface area contributed by atoms with E-state index < -0.39 is 10.8 Å².